The Morgan fingerprint density at radius 1 is 1.05 bits per heavy atom. The van der Waals surface area contributed by atoms with Gasteiger partial charge in [0.15, 0.2) is 8.32 Å². The molecule has 4 aliphatic carbocycles. The van der Waals surface area contributed by atoms with Gasteiger partial charge in [-0.3, -0.25) is 0 Å². The normalized spacial score (nSPS) is 39.1. The first-order valence-electron chi connectivity index (χ1n) is 15.5. The lowest BCUT2D eigenvalue weighted by Gasteiger charge is -2.59. The molecule has 2 bridgehead atoms. The van der Waals surface area contributed by atoms with Crippen LogP contribution in [0.3, 0.4) is 0 Å². The number of methoxy groups -OCH3 is 2. The lowest BCUT2D eigenvalue weighted by Crippen LogP contribution is -2.61. The van der Waals surface area contributed by atoms with E-state index >= 15 is 0 Å². The summed E-state index contributed by atoms with van der Waals surface area (Å²) in [5.74, 6) is 2.42. The number of fused-ring (bicyclic) bond motifs is 5. The van der Waals surface area contributed by atoms with E-state index in [2.05, 4.69) is 66.8 Å². The predicted octanol–water partition coefficient (Wildman–Crippen LogP) is 8.12. The Morgan fingerprint density at radius 3 is 2.44 bits per heavy atom. The summed E-state index contributed by atoms with van der Waals surface area (Å²) in [6, 6.07) is 0. The van der Waals surface area contributed by atoms with Gasteiger partial charge in [-0.05, 0) is 105 Å². The molecular weight excluding hydrogens is 504 g/mol. The Hall–Kier alpha value is -0.503. The lowest BCUT2D eigenvalue weighted by molar-refractivity contribution is -0.253. The van der Waals surface area contributed by atoms with E-state index < -0.39 is 8.32 Å². The molecule has 2 saturated carbocycles. The largest absolute Gasteiger partial charge is 0.417 e. The van der Waals surface area contributed by atoms with Gasteiger partial charge in [0.05, 0.1) is 11.7 Å². The van der Waals surface area contributed by atoms with Crippen LogP contribution in [0, 0.1) is 35.0 Å². The van der Waals surface area contributed by atoms with Crippen LogP contribution in [0.4, 0.5) is 0 Å². The second kappa shape index (κ2) is 12.0. The molecule has 4 aliphatic rings. The van der Waals surface area contributed by atoms with E-state index in [9.17, 15) is 0 Å². The van der Waals surface area contributed by atoms with Gasteiger partial charge in [0.2, 0.25) is 0 Å². The van der Waals surface area contributed by atoms with Crippen LogP contribution in [0.25, 0.3) is 0 Å². The molecule has 0 aliphatic heterocycles. The van der Waals surface area contributed by atoms with Crippen LogP contribution in [-0.4, -0.2) is 54.4 Å². The maximum Gasteiger partial charge on any atom is 0.191 e. The third-order valence-electron chi connectivity index (χ3n) is 11.9. The molecule has 4 rings (SSSR count). The van der Waals surface area contributed by atoms with Crippen molar-refractivity contribution in [3.63, 3.8) is 0 Å². The molecule has 0 saturated heterocycles. The zero-order valence-electron chi connectivity index (χ0n) is 26.7. The lowest BCUT2D eigenvalue weighted by atomic mass is 9.51. The van der Waals surface area contributed by atoms with Gasteiger partial charge < -0.3 is 23.4 Å². The highest BCUT2D eigenvalue weighted by molar-refractivity contribution is 6.74. The fourth-order valence-electron chi connectivity index (χ4n) is 8.66. The topological polar surface area (TPSA) is 46.2 Å². The first kappa shape index (κ1) is 31.4. The molecule has 0 spiro atoms. The summed E-state index contributed by atoms with van der Waals surface area (Å²) in [5, 5.41) is 0.235. The van der Waals surface area contributed by atoms with Gasteiger partial charge in [-0.1, -0.05) is 52.3 Å². The van der Waals surface area contributed by atoms with Gasteiger partial charge in [0, 0.05) is 26.7 Å². The second-order valence-electron chi connectivity index (χ2n) is 15.0. The molecule has 6 heteroatoms. The second-order valence-corrected chi connectivity index (χ2v) is 19.8. The maximum atomic E-state index is 7.00. The fourth-order valence-corrected chi connectivity index (χ4v) is 9.78. The minimum Gasteiger partial charge on any atom is -0.417 e. The van der Waals surface area contributed by atoms with Crippen LogP contribution in [0.15, 0.2) is 23.3 Å². The van der Waals surface area contributed by atoms with E-state index in [1.165, 1.54) is 30.4 Å². The highest BCUT2D eigenvalue weighted by Gasteiger charge is 2.64. The van der Waals surface area contributed by atoms with Crippen molar-refractivity contribution < 1.29 is 23.4 Å². The molecule has 0 radical (unpaired) electrons. The van der Waals surface area contributed by atoms with Crippen molar-refractivity contribution >= 4 is 8.32 Å². The molecule has 5 nitrogen and oxygen atoms in total. The molecule has 2 fully saturated rings. The molecule has 0 N–H and O–H groups in total. The third-order valence-corrected chi connectivity index (χ3v) is 16.4. The molecule has 8 atom stereocenters. The SMILES string of the molecule is COCO[C@H]1[C@@H]2CC=C(C)/C(=C/C[C@@]3(OCOC)[C@@H]4CC[C@H]([C@H](C)CO[Si](C)(C)C(C)(C)C)[C@@]4(C)CC[C@@H]13)C2. The van der Waals surface area contributed by atoms with Crippen molar-refractivity contribution in [2.24, 2.45) is 35.0 Å². The van der Waals surface area contributed by atoms with Crippen molar-refractivity contribution in [3.8, 4) is 0 Å². The Morgan fingerprint density at radius 2 is 1.77 bits per heavy atom. The number of hydrogen-bond acceptors (Lipinski definition) is 5. The molecule has 39 heavy (non-hydrogen) atoms. The molecule has 0 aromatic heterocycles. The third kappa shape index (κ3) is 5.90. The molecule has 0 unspecified atom stereocenters. The average molecular weight is 563 g/mol. The summed E-state index contributed by atoms with van der Waals surface area (Å²) in [6.45, 7) is 20.6. The highest BCUT2D eigenvalue weighted by Crippen LogP contribution is 2.65. The van der Waals surface area contributed by atoms with Gasteiger partial charge >= 0.3 is 0 Å². The summed E-state index contributed by atoms with van der Waals surface area (Å²) in [7, 11) is 1.71. The number of ether oxygens (including phenoxy) is 4. The van der Waals surface area contributed by atoms with E-state index in [0.29, 0.717) is 43.2 Å². The first-order chi connectivity index (χ1) is 18.3. The zero-order valence-corrected chi connectivity index (χ0v) is 27.7. The molecular formula is C33H58O5Si. The van der Waals surface area contributed by atoms with Crippen LogP contribution >= 0.6 is 0 Å². The van der Waals surface area contributed by atoms with Crippen LogP contribution in [-0.2, 0) is 23.4 Å². The number of hydrogen-bond donors (Lipinski definition) is 0. The Balaban J connectivity index is 1.68. The fraction of sp³-hybridized carbons (Fsp3) is 0.879. The van der Waals surface area contributed by atoms with Gasteiger partial charge in [-0.25, -0.2) is 0 Å². The van der Waals surface area contributed by atoms with E-state index in [4.69, 9.17) is 23.4 Å². The highest BCUT2D eigenvalue weighted by atomic mass is 28.4. The van der Waals surface area contributed by atoms with Crippen LogP contribution in [0.1, 0.15) is 86.5 Å². The van der Waals surface area contributed by atoms with Crippen LogP contribution in [0.5, 0.6) is 0 Å². The molecule has 0 amide bonds. The molecule has 0 aromatic carbocycles. The summed E-state index contributed by atoms with van der Waals surface area (Å²) >= 11 is 0. The monoisotopic (exact) mass is 562 g/mol. The summed E-state index contributed by atoms with van der Waals surface area (Å²) in [4.78, 5) is 0. The van der Waals surface area contributed by atoms with Gasteiger partial charge in [-0.15, -0.1) is 0 Å². The standard InChI is InChI=1S/C33H58O5Si/c1-23-11-12-26-19-25(23)15-18-33(37-22-35-8)28(30(26)36-21-34-7)16-17-32(6)27(13-14-29(32)33)24(2)20-38-39(9,10)31(3,4)5/h11,15,24,26-30H,12-14,16-22H2,1-10H3/b25-15+/t24-,26-,27-,28+,29-,30+,32-,33+/m1/s1. The van der Waals surface area contributed by atoms with Crippen LogP contribution in [0.2, 0.25) is 18.1 Å². The first-order valence-corrected chi connectivity index (χ1v) is 18.4. The van der Waals surface area contributed by atoms with E-state index in [1.54, 1.807) is 14.2 Å². The van der Waals surface area contributed by atoms with Crippen molar-refractivity contribution in [2.75, 3.05) is 34.4 Å². The zero-order chi connectivity index (χ0) is 28.6. The van der Waals surface area contributed by atoms with Crippen molar-refractivity contribution in [3.05, 3.63) is 23.3 Å². The van der Waals surface area contributed by atoms with Crippen LogP contribution < -0.4 is 0 Å². The molecule has 224 valence electrons. The van der Waals surface area contributed by atoms with Gasteiger partial charge in [-0.2, -0.15) is 0 Å². The molecule has 0 aromatic rings. The van der Waals surface area contributed by atoms with E-state index in [1.807, 2.05) is 0 Å². The smallest absolute Gasteiger partial charge is 0.191 e. The van der Waals surface area contributed by atoms with Gasteiger partial charge in [0.25, 0.3) is 0 Å². The Kier molecular flexibility index (Phi) is 9.68. The summed E-state index contributed by atoms with van der Waals surface area (Å²) in [5.41, 5.74) is 2.83. The predicted molar refractivity (Wildman–Crippen MR) is 161 cm³/mol. The van der Waals surface area contributed by atoms with E-state index in [0.717, 1.165) is 32.3 Å². The number of allylic oxidation sites excluding steroid dienone is 3. The summed E-state index contributed by atoms with van der Waals surface area (Å²) in [6.07, 6.45) is 13.0. The quantitative estimate of drug-likeness (QED) is 0.199. The number of rotatable bonds is 10. The van der Waals surface area contributed by atoms with Gasteiger partial charge in [0.1, 0.15) is 13.6 Å². The Labute approximate surface area is 240 Å². The minimum atomic E-state index is -1.78. The Bertz CT molecular complexity index is 906. The van der Waals surface area contributed by atoms with Crippen molar-refractivity contribution in [1.82, 2.24) is 0 Å². The molecule has 0 heterocycles. The van der Waals surface area contributed by atoms with E-state index in [-0.39, 0.29) is 22.2 Å². The summed E-state index contributed by atoms with van der Waals surface area (Å²) < 4.78 is 31.5. The van der Waals surface area contributed by atoms with Crippen molar-refractivity contribution in [2.45, 2.75) is 116 Å². The maximum absolute atomic E-state index is 7.00. The average Bonchev–Trinajstić information content (AvgIpc) is 3.23. The van der Waals surface area contributed by atoms with Crippen molar-refractivity contribution in [1.29, 1.82) is 0 Å². The minimum absolute atomic E-state index is 0.123.